The van der Waals surface area contributed by atoms with Gasteiger partial charge in [0, 0.05) is 38.7 Å². The number of carbonyl (C=O) groups is 1. The van der Waals surface area contributed by atoms with Gasteiger partial charge in [0.25, 0.3) is 0 Å². The lowest BCUT2D eigenvalue weighted by atomic mass is 10.0. The van der Waals surface area contributed by atoms with Gasteiger partial charge in [-0.2, -0.15) is 0 Å². The number of rotatable bonds is 3. The third kappa shape index (κ3) is 3.01. The number of carbonyl (C=O) groups excluding carboxylic acids is 1. The van der Waals surface area contributed by atoms with E-state index >= 15 is 0 Å². The second-order valence-corrected chi connectivity index (χ2v) is 6.62. The molecule has 0 aromatic carbocycles. The number of ether oxygens (including phenoxy) is 1. The molecule has 3 atom stereocenters. The van der Waals surface area contributed by atoms with Crippen LogP contribution in [0, 0.1) is 0 Å². The lowest BCUT2D eigenvalue weighted by Gasteiger charge is -2.37. The summed E-state index contributed by atoms with van der Waals surface area (Å²) in [5, 5.41) is 0. The van der Waals surface area contributed by atoms with Gasteiger partial charge in [0.05, 0.1) is 6.10 Å². The molecule has 20 heavy (non-hydrogen) atoms. The smallest absolute Gasteiger partial charge is 0.219 e. The van der Waals surface area contributed by atoms with Gasteiger partial charge in [-0.3, -0.25) is 9.69 Å². The average molecular weight is 280 g/mol. The van der Waals surface area contributed by atoms with Crippen LogP contribution < -0.4 is 0 Å². The summed E-state index contributed by atoms with van der Waals surface area (Å²) in [6.07, 6.45) is 9.06. The van der Waals surface area contributed by atoms with Crippen molar-refractivity contribution in [2.75, 3.05) is 26.2 Å². The molecule has 0 aliphatic carbocycles. The van der Waals surface area contributed by atoms with Crippen LogP contribution in [0.5, 0.6) is 0 Å². The molecule has 0 N–H and O–H groups in total. The molecule has 4 nitrogen and oxygen atoms in total. The van der Waals surface area contributed by atoms with Crippen LogP contribution in [-0.4, -0.2) is 60.1 Å². The Morgan fingerprint density at radius 1 is 1.05 bits per heavy atom. The molecule has 0 radical (unpaired) electrons. The van der Waals surface area contributed by atoms with Gasteiger partial charge in [-0.25, -0.2) is 0 Å². The molecular weight excluding hydrogens is 252 g/mol. The third-order valence-electron chi connectivity index (χ3n) is 5.27. The zero-order chi connectivity index (χ0) is 13.9. The fourth-order valence-corrected chi connectivity index (χ4v) is 4.31. The van der Waals surface area contributed by atoms with E-state index in [1.54, 1.807) is 6.92 Å². The summed E-state index contributed by atoms with van der Waals surface area (Å²) in [4.78, 5) is 16.5. The molecule has 114 valence electrons. The highest BCUT2D eigenvalue weighted by Gasteiger charge is 2.39. The fraction of sp³-hybridized carbons (Fsp3) is 0.938. The summed E-state index contributed by atoms with van der Waals surface area (Å²) in [5.74, 6) is 0.258. The van der Waals surface area contributed by atoms with Crippen molar-refractivity contribution in [3.8, 4) is 0 Å². The molecule has 0 bridgehead atoms. The zero-order valence-corrected chi connectivity index (χ0v) is 12.7. The SMILES string of the molecule is CC(=O)N1CCC[C@@H]1[C@H]1CCCN1C[C@@H]1CCCCO1. The van der Waals surface area contributed by atoms with E-state index in [1.165, 1.54) is 51.5 Å². The van der Waals surface area contributed by atoms with Gasteiger partial charge in [-0.1, -0.05) is 0 Å². The highest BCUT2D eigenvalue weighted by Crippen LogP contribution is 2.31. The van der Waals surface area contributed by atoms with Crippen molar-refractivity contribution >= 4 is 5.91 Å². The predicted octanol–water partition coefficient (Wildman–Crippen LogP) is 2.03. The van der Waals surface area contributed by atoms with Crippen LogP contribution in [0.3, 0.4) is 0 Å². The number of nitrogens with zero attached hydrogens (tertiary/aromatic N) is 2. The largest absolute Gasteiger partial charge is 0.377 e. The van der Waals surface area contributed by atoms with E-state index in [0.29, 0.717) is 18.2 Å². The highest BCUT2D eigenvalue weighted by atomic mass is 16.5. The van der Waals surface area contributed by atoms with Crippen LogP contribution in [0.25, 0.3) is 0 Å². The number of likely N-dealkylation sites (tertiary alicyclic amines) is 2. The van der Waals surface area contributed by atoms with Gasteiger partial charge in [0.2, 0.25) is 5.91 Å². The van der Waals surface area contributed by atoms with Crippen LogP contribution in [0.2, 0.25) is 0 Å². The van der Waals surface area contributed by atoms with E-state index in [0.717, 1.165) is 19.7 Å². The van der Waals surface area contributed by atoms with E-state index in [9.17, 15) is 4.79 Å². The minimum absolute atomic E-state index is 0.258. The first-order valence-electron chi connectivity index (χ1n) is 8.38. The van der Waals surface area contributed by atoms with Gasteiger partial charge in [0.1, 0.15) is 0 Å². The Labute approximate surface area is 122 Å². The molecule has 3 fully saturated rings. The summed E-state index contributed by atoms with van der Waals surface area (Å²) in [6.45, 7) is 5.89. The first-order chi connectivity index (χ1) is 9.75. The van der Waals surface area contributed by atoms with Crippen molar-refractivity contribution in [2.24, 2.45) is 0 Å². The van der Waals surface area contributed by atoms with Gasteiger partial charge in [0.15, 0.2) is 0 Å². The summed E-state index contributed by atoms with van der Waals surface area (Å²) < 4.78 is 5.90. The normalized spacial score (nSPS) is 35.6. The standard InChI is InChI=1S/C16H28N2O2/c1-13(19)18-10-5-8-16(18)15-7-4-9-17(15)12-14-6-2-3-11-20-14/h14-16H,2-12H2,1H3/t14-,15+,16+/m0/s1. The van der Waals surface area contributed by atoms with Gasteiger partial charge in [-0.05, 0) is 51.5 Å². The summed E-state index contributed by atoms with van der Waals surface area (Å²) >= 11 is 0. The van der Waals surface area contributed by atoms with Crippen molar-refractivity contribution in [3.05, 3.63) is 0 Å². The van der Waals surface area contributed by atoms with E-state index in [-0.39, 0.29) is 5.91 Å². The van der Waals surface area contributed by atoms with Crippen LogP contribution in [0.15, 0.2) is 0 Å². The van der Waals surface area contributed by atoms with Gasteiger partial charge in [-0.15, -0.1) is 0 Å². The Balaban J connectivity index is 1.61. The molecule has 0 unspecified atom stereocenters. The Morgan fingerprint density at radius 2 is 1.85 bits per heavy atom. The molecule has 0 saturated carbocycles. The van der Waals surface area contributed by atoms with Gasteiger partial charge >= 0.3 is 0 Å². The average Bonchev–Trinajstić information content (AvgIpc) is 3.07. The summed E-state index contributed by atoms with van der Waals surface area (Å²) in [7, 11) is 0. The molecule has 4 heteroatoms. The third-order valence-corrected chi connectivity index (χ3v) is 5.27. The maximum atomic E-state index is 11.8. The molecule has 0 aromatic heterocycles. The fourth-order valence-electron chi connectivity index (χ4n) is 4.31. The van der Waals surface area contributed by atoms with E-state index < -0.39 is 0 Å². The predicted molar refractivity (Wildman–Crippen MR) is 78.6 cm³/mol. The molecule has 3 heterocycles. The zero-order valence-electron chi connectivity index (χ0n) is 12.7. The number of hydrogen-bond donors (Lipinski definition) is 0. The number of hydrogen-bond acceptors (Lipinski definition) is 3. The Morgan fingerprint density at radius 3 is 2.60 bits per heavy atom. The quantitative estimate of drug-likeness (QED) is 0.793. The minimum Gasteiger partial charge on any atom is -0.377 e. The second kappa shape index (κ2) is 6.44. The minimum atomic E-state index is 0.258. The Bertz CT molecular complexity index is 341. The number of amides is 1. The Kier molecular flexibility index (Phi) is 4.61. The van der Waals surface area contributed by atoms with Crippen LogP contribution in [0.1, 0.15) is 51.9 Å². The van der Waals surface area contributed by atoms with Crippen molar-refractivity contribution in [2.45, 2.75) is 70.1 Å². The van der Waals surface area contributed by atoms with Crippen LogP contribution >= 0.6 is 0 Å². The van der Waals surface area contributed by atoms with Crippen LogP contribution in [0.4, 0.5) is 0 Å². The van der Waals surface area contributed by atoms with E-state index in [4.69, 9.17) is 4.74 Å². The molecule has 3 aliphatic heterocycles. The highest BCUT2D eigenvalue weighted by molar-refractivity contribution is 5.74. The first-order valence-corrected chi connectivity index (χ1v) is 8.38. The lowest BCUT2D eigenvalue weighted by Crippen LogP contribution is -2.49. The van der Waals surface area contributed by atoms with Crippen molar-refractivity contribution < 1.29 is 9.53 Å². The maximum Gasteiger partial charge on any atom is 0.219 e. The first kappa shape index (κ1) is 14.3. The molecule has 1 amide bonds. The van der Waals surface area contributed by atoms with Crippen molar-refractivity contribution in [1.29, 1.82) is 0 Å². The van der Waals surface area contributed by atoms with Crippen molar-refractivity contribution in [3.63, 3.8) is 0 Å². The Hall–Kier alpha value is -0.610. The molecule has 0 aromatic rings. The summed E-state index contributed by atoms with van der Waals surface area (Å²) in [5.41, 5.74) is 0. The lowest BCUT2D eigenvalue weighted by molar-refractivity contribution is -0.130. The van der Waals surface area contributed by atoms with Gasteiger partial charge < -0.3 is 9.64 Å². The molecular formula is C16H28N2O2. The monoisotopic (exact) mass is 280 g/mol. The van der Waals surface area contributed by atoms with E-state index in [1.807, 2.05) is 0 Å². The second-order valence-electron chi connectivity index (χ2n) is 6.62. The topological polar surface area (TPSA) is 32.8 Å². The van der Waals surface area contributed by atoms with E-state index in [2.05, 4.69) is 9.80 Å². The molecule has 3 saturated heterocycles. The molecule has 0 spiro atoms. The molecule has 3 aliphatic rings. The maximum absolute atomic E-state index is 11.8. The van der Waals surface area contributed by atoms with Crippen LogP contribution in [-0.2, 0) is 9.53 Å². The summed E-state index contributed by atoms with van der Waals surface area (Å²) in [6, 6.07) is 1.03. The molecule has 3 rings (SSSR count). The van der Waals surface area contributed by atoms with Crippen molar-refractivity contribution in [1.82, 2.24) is 9.80 Å².